The van der Waals surface area contributed by atoms with Crippen LogP contribution in [-0.2, 0) is 9.59 Å². The number of nitrogens with one attached hydrogen (secondary N) is 1. The Morgan fingerprint density at radius 2 is 2.00 bits per heavy atom. The Kier molecular flexibility index (Phi) is 6.28. The molecule has 1 aromatic carbocycles. The SMILES string of the molecule is CCN(CC(=O)NC(C)(C)C)C(=O)/C=C/c1cccc(F)c1. The predicted octanol–water partition coefficient (Wildman–Crippen LogP) is 2.60. The molecular weight excluding hydrogens is 283 g/mol. The van der Waals surface area contributed by atoms with Crippen molar-refractivity contribution in [1.82, 2.24) is 10.2 Å². The lowest BCUT2D eigenvalue weighted by atomic mass is 10.1. The second-order valence-corrected chi connectivity index (χ2v) is 6.04. The summed E-state index contributed by atoms with van der Waals surface area (Å²) in [5, 5.41) is 2.81. The van der Waals surface area contributed by atoms with Gasteiger partial charge in [0.25, 0.3) is 0 Å². The van der Waals surface area contributed by atoms with Gasteiger partial charge in [-0.3, -0.25) is 9.59 Å². The van der Waals surface area contributed by atoms with Crippen molar-refractivity contribution in [1.29, 1.82) is 0 Å². The lowest BCUT2D eigenvalue weighted by Gasteiger charge is -2.24. The molecule has 0 aliphatic rings. The summed E-state index contributed by atoms with van der Waals surface area (Å²) in [6.45, 7) is 7.87. The molecule has 1 aromatic rings. The summed E-state index contributed by atoms with van der Waals surface area (Å²) in [5.41, 5.74) is 0.264. The second kappa shape index (κ2) is 7.73. The van der Waals surface area contributed by atoms with Crippen molar-refractivity contribution in [3.05, 3.63) is 41.7 Å². The van der Waals surface area contributed by atoms with E-state index in [1.165, 1.54) is 29.2 Å². The molecule has 0 bridgehead atoms. The summed E-state index contributed by atoms with van der Waals surface area (Å²) < 4.78 is 13.1. The van der Waals surface area contributed by atoms with Crippen LogP contribution in [0.25, 0.3) is 6.08 Å². The van der Waals surface area contributed by atoms with E-state index in [1.54, 1.807) is 19.1 Å². The van der Waals surface area contributed by atoms with Gasteiger partial charge in [0.05, 0.1) is 6.54 Å². The number of benzene rings is 1. The topological polar surface area (TPSA) is 49.4 Å². The van der Waals surface area contributed by atoms with Crippen molar-refractivity contribution in [3.63, 3.8) is 0 Å². The summed E-state index contributed by atoms with van der Waals surface area (Å²) in [4.78, 5) is 25.4. The van der Waals surface area contributed by atoms with Gasteiger partial charge in [-0.15, -0.1) is 0 Å². The fourth-order valence-corrected chi connectivity index (χ4v) is 1.86. The maximum atomic E-state index is 13.1. The maximum absolute atomic E-state index is 13.1. The van der Waals surface area contributed by atoms with Crippen LogP contribution >= 0.6 is 0 Å². The van der Waals surface area contributed by atoms with E-state index in [0.29, 0.717) is 12.1 Å². The van der Waals surface area contributed by atoms with Gasteiger partial charge < -0.3 is 10.2 Å². The summed E-state index contributed by atoms with van der Waals surface area (Å²) in [6, 6.07) is 5.96. The number of nitrogens with zero attached hydrogens (tertiary/aromatic N) is 1. The molecule has 0 aromatic heterocycles. The zero-order valence-electron chi connectivity index (χ0n) is 13.5. The number of carbonyl (C=O) groups excluding carboxylic acids is 2. The lowest BCUT2D eigenvalue weighted by molar-refractivity contribution is -0.132. The molecule has 0 heterocycles. The van der Waals surface area contributed by atoms with Gasteiger partial charge in [0.1, 0.15) is 5.82 Å². The molecule has 5 heteroatoms. The first kappa shape index (κ1) is 17.9. The highest BCUT2D eigenvalue weighted by atomic mass is 19.1. The fraction of sp³-hybridized carbons (Fsp3) is 0.412. The van der Waals surface area contributed by atoms with Crippen LogP contribution in [-0.4, -0.2) is 35.3 Å². The molecule has 0 saturated carbocycles. The van der Waals surface area contributed by atoms with E-state index in [1.807, 2.05) is 20.8 Å². The Hall–Kier alpha value is -2.17. The molecule has 0 spiro atoms. The molecule has 120 valence electrons. The zero-order chi connectivity index (χ0) is 16.8. The third-order valence-electron chi connectivity index (χ3n) is 2.81. The quantitative estimate of drug-likeness (QED) is 0.850. The largest absolute Gasteiger partial charge is 0.350 e. The van der Waals surface area contributed by atoms with Gasteiger partial charge in [0, 0.05) is 18.2 Å². The standard InChI is InChI=1S/C17H23FN2O2/c1-5-20(12-15(21)19-17(2,3)4)16(22)10-9-13-7-6-8-14(18)11-13/h6-11H,5,12H2,1-4H3,(H,19,21)/b10-9+. The van der Waals surface area contributed by atoms with Gasteiger partial charge >= 0.3 is 0 Å². The highest BCUT2D eigenvalue weighted by Crippen LogP contribution is 2.06. The van der Waals surface area contributed by atoms with Crippen LogP contribution in [0.5, 0.6) is 0 Å². The van der Waals surface area contributed by atoms with Gasteiger partial charge in [-0.25, -0.2) is 4.39 Å². The average Bonchev–Trinajstić information content (AvgIpc) is 2.40. The number of likely N-dealkylation sites (N-methyl/N-ethyl adjacent to an activating group) is 1. The maximum Gasteiger partial charge on any atom is 0.247 e. The first-order chi connectivity index (χ1) is 10.2. The van der Waals surface area contributed by atoms with Gasteiger partial charge in [-0.2, -0.15) is 0 Å². The third-order valence-corrected chi connectivity index (χ3v) is 2.81. The molecule has 0 aliphatic carbocycles. The Bertz CT molecular complexity index is 562. The smallest absolute Gasteiger partial charge is 0.247 e. The van der Waals surface area contributed by atoms with Crippen LogP contribution in [0.2, 0.25) is 0 Å². The van der Waals surface area contributed by atoms with Crippen LogP contribution in [0.3, 0.4) is 0 Å². The minimum Gasteiger partial charge on any atom is -0.350 e. The van der Waals surface area contributed by atoms with Gasteiger partial charge in [0.2, 0.25) is 11.8 Å². The number of rotatable bonds is 5. The van der Waals surface area contributed by atoms with Crippen molar-refractivity contribution >= 4 is 17.9 Å². The monoisotopic (exact) mass is 306 g/mol. The van der Waals surface area contributed by atoms with E-state index < -0.39 is 0 Å². The first-order valence-electron chi connectivity index (χ1n) is 7.25. The second-order valence-electron chi connectivity index (χ2n) is 6.04. The minimum atomic E-state index is -0.355. The van der Waals surface area contributed by atoms with Crippen molar-refractivity contribution in [2.45, 2.75) is 33.2 Å². The van der Waals surface area contributed by atoms with Crippen LogP contribution in [0.1, 0.15) is 33.3 Å². The molecule has 0 fully saturated rings. The van der Waals surface area contributed by atoms with Crippen LogP contribution in [0.4, 0.5) is 4.39 Å². The molecule has 0 radical (unpaired) electrons. The summed E-state index contributed by atoms with van der Waals surface area (Å²) in [7, 11) is 0. The first-order valence-corrected chi connectivity index (χ1v) is 7.25. The summed E-state index contributed by atoms with van der Waals surface area (Å²) in [5.74, 6) is -0.843. The summed E-state index contributed by atoms with van der Waals surface area (Å²) in [6.07, 6.45) is 2.89. The Labute approximate surface area is 131 Å². The van der Waals surface area contributed by atoms with Crippen molar-refractivity contribution in [2.75, 3.05) is 13.1 Å². The molecule has 1 N–H and O–H groups in total. The van der Waals surface area contributed by atoms with Gasteiger partial charge in [0.15, 0.2) is 0 Å². The molecule has 0 atom stereocenters. The van der Waals surface area contributed by atoms with Crippen LogP contribution < -0.4 is 5.32 Å². The predicted molar refractivity (Wildman–Crippen MR) is 85.6 cm³/mol. The zero-order valence-corrected chi connectivity index (χ0v) is 13.5. The Balaban J connectivity index is 2.66. The molecule has 2 amide bonds. The lowest BCUT2D eigenvalue weighted by Crippen LogP contribution is -2.47. The van der Waals surface area contributed by atoms with Crippen LogP contribution in [0.15, 0.2) is 30.3 Å². The van der Waals surface area contributed by atoms with Crippen molar-refractivity contribution in [3.8, 4) is 0 Å². The van der Waals surface area contributed by atoms with Crippen LogP contribution in [0, 0.1) is 5.82 Å². The molecule has 1 rings (SSSR count). The van der Waals surface area contributed by atoms with E-state index in [-0.39, 0.29) is 29.7 Å². The van der Waals surface area contributed by atoms with Gasteiger partial charge in [-0.05, 0) is 51.5 Å². The number of halogens is 1. The van der Waals surface area contributed by atoms with Crippen molar-refractivity contribution in [2.24, 2.45) is 0 Å². The van der Waals surface area contributed by atoms with E-state index in [9.17, 15) is 14.0 Å². The van der Waals surface area contributed by atoms with E-state index in [2.05, 4.69) is 5.32 Å². The Morgan fingerprint density at radius 3 is 2.55 bits per heavy atom. The molecule has 4 nitrogen and oxygen atoms in total. The number of amides is 2. The number of hydrogen-bond donors (Lipinski definition) is 1. The molecule has 0 saturated heterocycles. The molecule has 0 unspecified atom stereocenters. The molecule has 0 aliphatic heterocycles. The Morgan fingerprint density at radius 1 is 1.32 bits per heavy atom. The number of carbonyl (C=O) groups is 2. The van der Waals surface area contributed by atoms with E-state index in [0.717, 1.165) is 0 Å². The average molecular weight is 306 g/mol. The molecular formula is C17H23FN2O2. The third kappa shape index (κ3) is 6.52. The highest BCUT2D eigenvalue weighted by molar-refractivity contribution is 5.94. The summed E-state index contributed by atoms with van der Waals surface area (Å²) >= 11 is 0. The number of hydrogen-bond acceptors (Lipinski definition) is 2. The van der Waals surface area contributed by atoms with E-state index in [4.69, 9.17) is 0 Å². The normalized spacial score (nSPS) is 11.5. The van der Waals surface area contributed by atoms with E-state index >= 15 is 0 Å². The fourth-order valence-electron chi connectivity index (χ4n) is 1.86. The minimum absolute atomic E-state index is 0.0000934. The highest BCUT2D eigenvalue weighted by Gasteiger charge is 2.17. The van der Waals surface area contributed by atoms with Gasteiger partial charge in [-0.1, -0.05) is 12.1 Å². The molecule has 22 heavy (non-hydrogen) atoms. The van der Waals surface area contributed by atoms with Crippen molar-refractivity contribution < 1.29 is 14.0 Å².